The Morgan fingerprint density at radius 3 is 2.38 bits per heavy atom. The Morgan fingerprint density at radius 2 is 1.92 bits per heavy atom. The van der Waals surface area contributed by atoms with E-state index in [1.165, 1.54) is 5.01 Å². The number of carbonyl (C=O) groups is 1. The van der Waals surface area contributed by atoms with Crippen LogP contribution in [0.2, 0.25) is 0 Å². The van der Waals surface area contributed by atoms with E-state index in [1.54, 1.807) is 6.92 Å². The molecule has 2 N–H and O–H groups in total. The van der Waals surface area contributed by atoms with E-state index in [1.807, 2.05) is 31.2 Å². The van der Waals surface area contributed by atoms with Crippen LogP contribution in [-0.4, -0.2) is 5.91 Å². The SMILES string of the molecule is CCC(=O)N(N)c1ccc(C)cc1. The van der Waals surface area contributed by atoms with Gasteiger partial charge in [0.25, 0.3) is 0 Å². The van der Waals surface area contributed by atoms with E-state index < -0.39 is 0 Å². The van der Waals surface area contributed by atoms with Crippen LogP contribution in [0.1, 0.15) is 18.9 Å². The van der Waals surface area contributed by atoms with E-state index in [0.29, 0.717) is 6.42 Å². The highest BCUT2D eigenvalue weighted by molar-refractivity contribution is 5.91. The second-order valence-electron chi connectivity index (χ2n) is 2.95. The molecular formula is C10H14N2O. The number of amides is 1. The lowest BCUT2D eigenvalue weighted by Crippen LogP contribution is -2.36. The number of nitrogens with zero attached hydrogens (tertiary/aromatic N) is 1. The lowest BCUT2D eigenvalue weighted by Gasteiger charge is -2.15. The van der Waals surface area contributed by atoms with Crippen LogP contribution < -0.4 is 10.9 Å². The standard InChI is InChI=1S/C10H14N2O/c1-3-10(13)12(11)9-6-4-8(2)5-7-9/h4-7H,3,11H2,1-2H3. The molecule has 0 atom stereocenters. The van der Waals surface area contributed by atoms with Gasteiger partial charge in [-0.1, -0.05) is 24.6 Å². The van der Waals surface area contributed by atoms with E-state index in [4.69, 9.17) is 5.84 Å². The van der Waals surface area contributed by atoms with Crippen molar-refractivity contribution >= 4 is 11.6 Å². The number of anilines is 1. The molecule has 3 nitrogen and oxygen atoms in total. The molecule has 1 rings (SSSR count). The summed E-state index contributed by atoms with van der Waals surface area (Å²) < 4.78 is 0. The molecule has 13 heavy (non-hydrogen) atoms. The van der Waals surface area contributed by atoms with Gasteiger partial charge in [0.1, 0.15) is 0 Å². The van der Waals surface area contributed by atoms with E-state index in [0.717, 1.165) is 11.3 Å². The third-order valence-electron chi connectivity index (χ3n) is 1.88. The summed E-state index contributed by atoms with van der Waals surface area (Å²) in [4.78, 5) is 11.2. The number of benzene rings is 1. The minimum atomic E-state index is -0.0798. The summed E-state index contributed by atoms with van der Waals surface area (Å²) in [6.45, 7) is 3.78. The van der Waals surface area contributed by atoms with Crippen LogP contribution in [0.5, 0.6) is 0 Å². The van der Waals surface area contributed by atoms with Gasteiger partial charge in [0.05, 0.1) is 5.69 Å². The molecule has 0 fully saturated rings. The lowest BCUT2D eigenvalue weighted by atomic mass is 10.2. The van der Waals surface area contributed by atoms with Crippen LogP contribution in [0.15, 0.2) is 24.3 Å². The molecule has 1 aromatic rings. The Balaban J connectivity index is 2.83. The van der Waals surface area contributed by atoms with Crippen molar-refractivity contribution < 1.29 is 4.79 Å². The topological polar surface area (TPSA) is 46.3 Å². The molecule has 70 valence electrons. The van der Waals surface area contributed by atoms with Crippen LogP contribution in [0.3, 0.4) is 0 Å². The molecular weight excluding hydrogens is 164 g/mol. The first-order chi connectivity index (χ1) is 6.15. The van der Waals surface area contributed by atoms with Gasteiger partial charge in [0.2, 0.25) is 5.91 Å². The van der Waals surface area contributed by atoms with Crippen molar-refractivity contribution in [1.29, 1.82) is 0 Å². The van der Waals surface area contributed by atoms with Gasteiger partial charge in [0, 0.05) is 6.42 Å². The van der Waals surface area contributed by atoms with Crippen LogP contribution in [0.25, 0.3) is 0 Å². The zero-order chi connectivity index (χ0) is 9.84. The molecule has 0 saturated heterocycles. The molecule has 0 aromatic heterocycles. The number of carbonyl (C=O) groups excluding carboxylic acids is 1. The quantitative estimate of drug-likeness (QED) is 0.425. The third kappa shape index (κ3) is 2.29. The Kier molecular flexibility index (Phi) is 3.03. The van der Waals surface area contributed by atoms with Gasteiger partial charge in [-0.05, 0) is 19.1 Å². The fourth-order valence-corrected chi connectivity index (χ4v) is 1.02. The number of rotatable bonds is 2. The summed E-state index contributed by atoms with van der Waals surface area (Å²) in [5, 5.41) is 1.18. The number of hydrazine groups is 1. The monoisotopic (exact) mass is 178 g/mol. The zero-order valence-electron chi connectivity index (χ0n) is 7.95. The van der Waals surface area contributed by atoms with Gasteiger partial charge in [-0.2, -0.15) is 0 Å². The highest BCUT2D eigenvalue weighted by atomic mass is 16.2. The molecule has 1 amide bonds. The maximum absolute atomic E-state index is 11.2. The predicted octanol–water partition coefficient (Wildman–Crippen LogP) is 1.61. The van der Waals surface area contributed by atoms with Gasteiger partial charge in [-0.3, -0.25) is 4.79 Å². The molecule has 3 heteroatoms. The second-order valence-corrected chi connectivity index (χ2v) is 2.95. The molecule has 1 aromatic carbocycles. The first kappa shape index (κ1) is 9.74. The second kappa shape index (κ2) is 4.05. The van der Waals surface area contributed by atoms with Crippen molar-refractivity contribution in [3.63, 3.8) is 0 Å². The number of hydrogen-bond donors (Lipinski definition) is 1. The fraction of sp³-hybridized carbons (Fsp3) is 0.300. The van der Waals surface area contributed by atoms with Crippen molar-refractivity contribution in [3.8, 4) is 0 Å². The lowest BCUT2D eigenvalue weighted by molar-refractivity contribution is -0.118. The maximum Gasteiger partial charge on any atom is 0.240 e. The summed E-state index contributed by atoms with van der Waals surface area (Å²) in [7, 11) is 0. The Hall–Kier alpha value is -1.35. The van der Waals surface area contributed by atoms with Crippen LogP contribution >= 0.6 is 0 Å². The normalized spacial score (nSPS) is 9.77. The summed E-state index contributed by atoms with van der Waals surface area (Å²) >= 11 is 0. The van der Waals surface area contributed by atoms with Gasteiger partial charge in [0.15, 0.2) is 0 Å². The van der Waals surface area contributed by atoms with Crippen LogP contribution in [0.4, 0.5) is 5.69 Å². The van der Waals surface area contributed by atoms with Crippen molar-refractivity contribution in [2.24, 2.45) is 5.84 Å². The molecule has 0 bridgehead atoms. The van der Waals surface area contributed by atoms with Crippen molar-refractivity contribution in [2.45, 2.75) is 20.3 Å². The Labute approximate surface area is 78.1 Å². The predicted molar refractivity (Wildman–Crippen MR) is 53.1 cm³/mol. The van der Waals surface area contributed by atoms with Crippen molar-refractivity contribution in [2.75, 3.05) is 5.01 Å². The zero-order valence-corrected chi connectivity index (χ0v) is 7.95. The summed E-state index contributed by atoms with van der Waals surface area (Å²) in [5.41, 5.74) is 1.89. The van der Waals surface area contributed by atoms with Gasteiger partial charge in [-0.15, -0.1) is 0 Å². The Bertz CT molecular complexity index is 292. The first-order valence-corrected chi connectivity index (χ1v) is 4.29. The fourth-order valence-electron chi connectivity index (χ4n) is 1.02. The average molecular weight is 178 g/mol. The third-order valence-corrected chi connectivity index (χ3v) is 1.88. The maximum atomic E-state index is 11.2. The van der Waals surface area contributed by atoms with E-state index >= 15 is 0 Å². The molecule has 0 radical (unpaired) electrons. The largest absolute Gasteiger partial charge is 0.273 e. The van der Waals surface area contributed by atoms with Crippen molar-refractivity contribution in [3.05, 3.63) is 29.8 Å². The summed E-state index contributed by atoms with van der Waals surface area (Å²) in [6, 6.07) is 7.53. The number of hydrogen-bond acceptors (Lipinski definition) is 2. The average Bonchev–Trinajstić information content (AvgIpc) is 2.17. The van der Waals surface area contributed by atoms with Gasteiger partial charge in [-0.25, -0.2) is 10.9 Å². The minimum absolute atomic E-state index is 0.0798. The minimum Gasteiger partial charge on any atom is -0.273 e. The molecule has 0 unspecified atom stereocenters. The molecule has 0 heterocycles. The molecule has 0 aliphatic rings. The molecule has 0 saturated carbocycles. The molecule has 0 aliphatic carbocycles. The molecule has 0 aliphatic heterocycles. The van der Waals surface area contributed by atoms with E-state index in [-0.39, 0.29) is 5.91 Å². The molecule has 0 spiro atoms. The Morgan fingerprint density at radius 1 is 1.38 bits per heavy atom. The highest BCUT2D eigenvalue weighted by Gasteiger charge is 2.07. The van der Waals surface area contributed by atoms with Crippen LogP contribution in [-0.2, 0) is 4.79 Å². The van der Waals surface area contributed by atoms with Crippen molar-refractivity contribution in [1.82, 2.24) is 0 Å². The smallest absolute Gasteiger partial charge is 0.240 e. The highest BCUT2D eigenvalue weighted by Crippen LogP contribution is 2.12. The van der Waals surface area contributed by atoms with E-state index in [2.05, 4.69) is 0 Å². The van der Waals surface area contributed by atoms with Gasteiger partial charge >= 0.3 is 0 Å². The number of nitrogens with two attached hydrogens (primary N) is 1. The summed E-state index contributed by atoms with van der Waals surface area (Å²) in [6.07, 6.45) is 0.421. The summed E-state index contributed by atoms with van der Waals surface area (Å²) in [5.74, 6) is 5.50. The number of aryl methyl sites for hydroxylation is 1. The van der Waals surface area contributed by atoms with Crippen LogP contribution in [0, 0.1) is 6.92 Å². The van der Waals surface area contributed by atoms with Gasteiger partial charge < -0.3 is 0 Å². The van der Waals surface area contributed by atoms with E-state index in [9.17, 15) is 4.79 Å². The first-order valence-electron chi connectivity index (χ1n) is 4.29.